The fraction of sp³-hybridized carbons (Fsp3) is 0.857. The Morgan fingerprint density at radius 2 is 1.67 bits per heavy atom. The van der Waals surface area contributed by atoms with Crippen LogP contribution in [-0.4, -0.2) is 51.6 Å². The Bertz CT molecular complexity index is 161. The van der Waals surface area contributed by atoms with Gasteiger partial charge in [-0.1, -0.05) is 0 Å². The Kier molecular flexibility index (Phi) is 2.88. The van der Waals surface area contributed by atoms with Gasteiger partial charge in [0.2, 0.25) is 0 Å². The third-order valence-electron chi connectivity index (χ3n) is 2.26. The van der Waals surface area contributed by atoms with E-state index in [1.807, 2.05) is 0 Å². The van der Waals surface area contributed by atoms with Crippen LogP contribution in [0, 0.1) is 0 Å². The van der Waals surface area contributed by atoms with Crippen molar-refractivity contribution in [1.82, 2.24) is 4.90 Å². The molecule has 0 saturated carbocycles. The zero-order valence-corrected chi connectivity index (χ0v) is 6.68. The average Bonchev–Trinajstić information content (AvgIpc) is 2.46. The average molecular weight is 175 g/mol. The van der Waals surface area contributed by atoms with E-state index < -0.39 is 6.09 Å². The minimum atomic E-state index is -1.06. The molecule has 70 valence electrons. The summed E-state index contributed by atoms with van der Waals surface area (Å²) in [6, 6.07) is -0.667. The summed E-state index contributed by atoms with van der Waals surface area (Å²) in [5, 5.41) is 26.3. The molecule has 5 heteroatoms. The molecule has 1 amide bonds. The largest absolute Gasteiger partial charge is 0.465 e. The van der Waals surface area contributed by atoms with Crippen LogP contribution >= 0.6 is 0 Å². The summed E-state index contributed by atoms with van der Waals surface area (Å²) in [6.45, 7) is -0.328. The summed E-state index contributed by atoms with van der Waals surface area (Å²) in [7, 11) is 0. The third kappa shape index (κ3) is 1.51. The van der Waals surface area contributed by atoms with Crippen molar-refractivity contribution in [3.05, 3.63) is 0 Å². The van der Waals surface area contributed by atoms with E-state index in [0.29, 0.717) is 12.8 Å². The van der Waals surface area contributed by atoms with Crippen LogP contribution in [0.3, 0.4) is 0 Å². The maximum Gasteiger partial charge on any atom is 0.407 e. The molecule has 1 aliphatic rings. The molecule has 1 rings (SSSR count). The number of likely N-dealkylation sites (tertiary alicyclic amines) is 1. The second kappa shape index (κ2) is 3.73. The number of carboxylic acid groups (broad SMARTS) is 1. The molecule has 2 unspecified atom stereocenters. The van der Waals surface area contributed by atoms with E-state index in [2.05, 4.69) is 0 Å². The second-order valence-electron chi connectivity index (χ2n) is 2.94. The zero-order valence-electron chi connectivity index (χ0n) is 6.68. The maximum atomic E-state index is 10.6. The lowest BCUT2D eigenvalue weighted by Crippen LogP contribution is -2.43. The van der Waals surface area contributed by atoms with Crippen LogP contribution in [0.5, 0.6) is 0 Å². The Morgan fingerprint density at radius 3 is 1.92 bits per heavy atom. The molecule has 0 aromatic rings. The van der Waals surface area contributed by atoms with Crippen LogP contribution in [0.25, 0.3) is 0 Å². The Labute approximate surface area is 70.2 Å². The van der Waals surface area contributed by atoms with Crippen LogP contribution in [-0.2, 0) is 0 Å². The number of nitrogens with zero attached hydrogens (tertiary/aromatic N) is 1. The molecule has 0 aromatic heterocycles. The molecular formula is C7H13NO4. The summed E-state index contributed by atoms with van der Waals surface area (Å²) < 4.78 is 0. The van der Waals surface area contributed by atoms with E-state index in [9.17, 15) is 4.79 Å². The molecule has 2 atom stereocenters. The minimum absolute atomic E-state index is 0.164. The molecule has 3 N–H and O–H groups in total. The number of hydrogen-bond acceptors (Lipinski definition) is 3. The van der Waals surface area contributed by atoms with Crippen molar-refractivity contribution in [1.29, 1.82) is 0 Å². The molecule has 0 radical (unpaired) electrons. The molecule has 1 saturated heterocycles. The van der Waals surface area contributed by atoms with Gasteiger partial charge in [-0.2, -0.15) is 0 Å². The van der Waals surface area contributed by atoms with Gasteiger partial charge in [0.1, 0.15) is 0 Å². The lowest BCUT2D eigenvalue weighted by molar-refractivity contribution is 0.0817. The number of aliphatic hydroxyl groups excluding tert-OH is 2. The van der Waals surface area contributed by atoms with Crippen molar-refractivity contribution in [2.45, 2.75) is 24.9 Å². The van der Waals surface area contributed by atoms with Crippen LogP contribution in [0.2, 0.25) is 0 Å². The quantitative estimate of drug-likeness (QED) is 0.527. The minimum Gasteiger partial charge on any atom is -0.465 e. The van der Waals surface area contributed by atoms with E-state index in [1.165, 1.54) is 0 Å². The van der Waals surface area contributed by atoms with Gasteiger partial charge < -0.3 is 15.3 Å². The fourth-order valence-electron chi connectivity index (χ4n) is 1.63. The first-order chi connectivity index (χ1) is 5.70. The highest BCUT2D eigenvalue weighted by molar-refractivity contribution is 5.66. The first-order valence-electron chi connectivity index (χ1n) is 3.93. The number of aliphatic hydroxyl groups is 2. The van der Waals surface area contributed by atoms with E-state index in [4.69, 9.17) is 15.3 Å². The topological polar surface area (TPSA) is 81.0 Å². The van der Waals surface area contributed by atoms with Crippen molar-refractivity contribution in [2.24, 2.45) is 0 Å². The number of hydrogen-bond donors (Lipinski definition) is 3. The number of amides is 1. The van der Waals surface area contributed by atoms with Crippen LogP contribution in [0.15, 0.2) is 0 Å². The molecule has 12 heavy (non-hydrogen) atoms. The smallest absolute Gasteiger partial charge is 0.407 e. The van der Waals surface area contributed by atoms with Crippen LogP contribution < -0.4 is 0 Å². The maximum absolute atomic E-state index is 10.6. The van der Waals surface area contributed by atoms with Crippen molar-refractivity contribution in [2.75, 3.05) is 13.2 Å². The summed E-state index contributed by atoms with van der Waals surface area (Å²) in [6.07, 6.45) is 0.202. The molecule has 0 aromatic carbocycles. The molecule has 1 heterocycles. The van der Waals surface area contributed by atoms with E-state index >= 15 is 0 Å². The van der Waals surface area contributed by atoms with E-state index in [0.717, 1.165) is 4.90 Å². The summed E-state index contributed by atoms with van der Waals surface area (Å²) in [5.74, 6) is 0. The molecule has 0 spiro atoms. The normalized spacial score (nSPS) is 29.3. The van der Waals surface area contributed by atoms with Gasteiger partial charge in [0.05, 0.1) is 25.3 Å². The molecular weight excluding hydrogens is 162 g/mol. The SMILES string of the molecule is O=C(O)N1C(CO)CCC1CO. The predicted molar refractivity (Wildman–Crippen MR) is 40.8 cm³/mol. The monoisotopic (exact) mass is 175 g/mol. The zero-order chi connectivity index (χ0) is 9.14. The van der Waals surface area contributed by atoms with Gasteiger partial charge in [-0.3, -0.25) is 4.90 Å². The van der Waals surface area contributed by atoms with Crippen molar-refractivity contribution >= 4 is 6.09 Å². The van der Waals surface area contributed by atoms with Crippen LogP contribution in [0.4, 0.5) is 4.79 Å². The number of carbonyl (C=O) groups is 1. The molecule has 0 bridgehead atoms. The Hall–Kier alpha value is -0.810. The van der Waals surface area contributed by atoms with Crippen molar-refractivity contribution in [3.8, 4) is 0 Å². The van der Waals surface area contributed by atoms with Gasteiger partial charge >= 0.3 is 6.09 Å². The summed E-state index contributed by atoms with van der Waals surface area (Å²) in [4.78, 5) is 11.8. The predicted octanol–water partition coefficient (Wildman–Crippen LogP) is -0.518. The lowest BCUT2D eigenvalue weighted by Gasteiger charge is -2.24. The van der Waals surface area contributed by atoms with Crippen molar-refractivity contribution < 1.29 is 20.1 Å². The van der Waals surface area contributed by atoms with Gasteiger partial charge in [-0.25, -0.2) is 4.79 Å². The van der Waals surface area contributed by atoms with Gasteiger partial charge in [0.15, 0.2) is 0 Å². The first-order valence-corrected chi connectivity index (χ1v) is 3.93. The summed E-state index contributed by atoms with van der Waals surface area (Å²) in [5.41, 5.74) is 0. The van der Waals surface area contributed by atoms with Gasteiger partial charge in [-0.15, -0.1) is 0 Å². The highest BCUT2D eigenvalue weighted by Crippen LogP contribution is 2.23. The van der Waals surface area contributed by atoms with Crippen LogP contribution in [0.1, 0.15) is 12.8 Å². The fourth-order valence-corrected chi connectivity index (χ4v) is 1.63. The van der Waals surface area contributed by atoms with Gasteiger partial charge in [0.25, 0.3) is 0 Å². The van der Waals surface area contributed by atoms with E-state index in [1.54, 1.807) is 0 Å². The lowest BCUT2D eigenvalue weighted by atomic mass is 10.2. The molecule has 1 fully saturated rings. The van der Waals surface area contributed by atoms with E-state index in [-0.39, 0.29) is 25.3 Å². The molecule has 1 aliphatic heterocycles. The third-order valence-corrected chi connectivity index (χ3v) is 2.26. The second-order valence-corrected chi connectivity index (χ2v) is 2.94. The molecule has 0 aliphatic carbocycles. The van der Waals surface area contributed by atoms with Gasteiger partial charge in [0, 0.05) is 0 Å². The number of rotatable bonds is 2. The first kappa shape index (κ1) is 9.28. The Balaban J connectivity index is 2.65. The highest BCUT2D eigenvalue weighted by atomic mass is 16.4. The molecule has 5 nitrogen and oxygen atoms in total. The standard InChI is InChI=1S/C7H13NO4/c9-3-5-1-2-6(4-10)8(5)7(11)12/h5-6,9-10H,1-4H2,(H,11,12). The summed E-state index contributed by atoms with van der Waals surface area (Å²) >= 11 is 0. The van der Waals surface area contributed by atoms with Gasteiger partial charge in [-0.05, 0) is 12.8 Å². The Morgan fingerprint density at radius 1 is 1.25 bits per heavy atom. The van der Waals surface area contributed by atoms with Crippen molar-refractivity contribution in [3.63, 3.8) is 0 Å². The highest BCUT2D eigenvalue weighted by Gasteiger charge is 2.35.